The third-order valence-corrected chi connectivity index (χ3v) is 4.43. The summed E-state index contributed by atoms with van der Waals surface area (Å²) in [4.78, 5) is -0.235. The molecule has 0 aliphatic rings. The molecular formula is C16H11ClN2NaO4S+. The van der Waals surface area contributed by atoms with E-state index in [9.17, 15) is 13.5 Å². The van der Waals surface area contributed by atoms with Crippen molar-refractivity contribution in [3.63, 3.8) is 0 Å². The maximum absolute atomic E-state index is 11.2. The zero-order chi connectivity index (χ0) is 17.3. The first-order chi connectivity index (χ1) is 11.3. The van der Waals surface area contributed by atoms with Crippen molar-refractivity contribution in [3.05, 3.63) is 59.6 Å². The van der Waals surface area contributed by atoms with Gasteiger partial charge in [-0.25, -0.2) is 0 Å². The standard InChI is InChI=1S/C16H11ClN2O4S.Na/c17-11-2-4-12(5-3-11)18-19-16-14-7-6-13(24(21,22)23)9-10(14)1-8-15(16)20;/h1-9,20H,(H,21,22,23);/q;+1. The molecular weight excluding hydrogens is 375 g/mol. The van der Waals surface area contributed by atoms with Gasteiger partial charge in [-0.05, 0) is 47.9 Å². The summed E-state index contributed by atoms with van der Waals surface area (Å²) in [5, 5.41) is 19.7. The van der Waals surface area contributed by atoms with Gasteiger partial charge in [0.1, 0.15) is 11.4 Å². The Morgan fingerprint density at radius 3 is 2.24 bits per heavy atom. The van der Waals surface area contributed by atoms with Gasteiger partial charge in [-0.1, -0.05) is 23.7 Å². The van der Waals surface area contributed by atoms with E-state index in [4.69, 9.17) is 16.2 Å². The zero-order valence-corrected chi connectivity index (χ0v) is 16.7. The largest absolute Gasteiger partial charge is 1.00 e. The Labute approximate surface area is 171 Å². The smallest absolute Gasteiger partial charge is 0.506 e. The Morgan fingerprint density at radius 1 is 0.920 bits per heavy atom. The molecule has 0 unspecified atom stereocenters. The molecule has 3 aromatic rings. The van der Waals surface area contributed by atoms with Crippen molar-refractivity contribution in [1.29, 1.82) is 0 Å². The number of nitrogens with zero attached hydrogens (tertiary/aromatic N) is 2. The molecule has 0 saturated carbocycles. The second-order valence-electron chi connectivity index (χ2n) is 4.97. The van der Waals surface area contributed by atoms with E-state index in [1.165, 1.54) is 30.3 Å². The third-order valence-electron chi connectivity index (χ3n) is 3.33. The molecule has 0 bridgehead atoms. The van der Waals surface area contributed by atoms with E-state index in [1.807, 2.05) is 0 Å². The number of aromatic hydroxyl groups is 1. The fourth-order valence-corrected chi connectivity index (χ4v) is 2.80. The molecule has 0 heterocycles. The topological polar surface area (TPSA) is 99.3 Å². The second kappa shape index (κ2) is 7.82. The van der Waals surface area contributed by atoms with Crippen LogP contribution in [0.2, 0.25) is 5.02 Å². The SMILES string of the molecule is O=S(=O)(O)c1ccc2c(N=Nc3ccc(Cl)cc3)c(O)ccc2c1.[Na+]. The molecule has 9 heteroatoms. The fourth-order valence-electron chi connectivity index (χ4n) is 2.16. The molecule has 0 radical (unpaired) electrons. The van der Waals surface area contributed by atoms with Crippen LogP contribution in [0.25, 0.3) is 10.8 Å². The number of hydrogen-bond donors (Lipinski definition) is 2. The average molecular weight is 386 g/mol. The van der Waals surface area contributed by atoms with Crippen LogP contribution in [0.3, 0.4) is 0 Å². The Morgan fingerprint density at radius 2 is 1.60 bits per heavy atom. The van der Waals surface area contributed by atoms with E-state index < -0.39 is 10.1 Å². The molecule has 6 nitrogen and oxygen atoms in total. The van der Waals surface area contributed by atoms with Gasteiger partial charge < -0.3 is 5.11 Å². The Balaban J connectivity index is 0.00000225. The minimum atomic E-state index is -4.31. The normalized spacial score (nSPS) is 11.6. The molecule has 25 heavy (non-hydrogen) atoms. The maximum Gasteiger partial charge on any atom is 1.00 e. The van der Waals surface area contributed by atoms with Gasteiger partial charge in [0.2, 0.25) is 0 Å². The summed E-state index contributed by atoms with van der Waals surface area (Å²) in [6.07, 6.45) is 0. The Kier molecular flexibility index (Phi) is 6.21. The van der Waals surface area contributed by atoms with Crippen molar-refractivity contribution in [2.24, 2.45) is 10.2 Å². The molecule has 0 fully saturated rings. The number of fused-ring (bicyclic) bond motifs is 1. The summed E-state index contributed by atoms with van der Waals surface area (Å²) in [5.41, 5.74) is 0.745. The molecule has 0 saturated heterocycles. The van der Waals surface area contributed by atoms with Crippen LogP contribution >= 0.6 is 11.6 Å². The molecule has 3 rings (SSSR count). The van der Waals surface area contributed by atoms with Gasteiger partial charge in [0.25, 0.3) is 10.1 Å². The molecule has 0 atom stereocenters. The molecule has 2 N–H and O–H groups in total. The predicted molar refractivity (Wildman–Crippen MR) is 91.1 cm³/mol. The summed E-state index contributed by atoms with van der Waals surface area (Å²) in [5.74, 6) is -0.0974. The van der Waals surface area contributed by atoms with Gasteiger partial charge >= 0.3 is 29.6 Å². The van der Waals surface area contributed by atoms with Crippen LogP contribution in [0.1, 0.15) is 0 Å². The van der Waals surface area contributed by atoms with Crippen molar-refractivity contribution in [2.45, 2.75) is 4.90 Å². The molecule has 122 valence electrons. The van der Waals surface area contributed by atoms with Gasteiger partial charge in [0.15, 0.2) is 0 Å². The van der Waals surface area contributed by atoms with Crippen LogP contribution in [0, 0.1) is 0 Å². The number of azo groups is 1. The minimum Gasteiger partial charge on any atom is -0.506 e. The van der Waals surface area contributed by atoms with E-state index in [1.54, 1.807) is 24.3 Å². The van der Waals surface area contributed by atoms with Gasteiger partial charge in [-0.2, -0.15) is 13.5 Å². The number of phenolic OH excluding ortho intramolecular Hbond substituents is 1. The van der Waals surface area contributed by atoms with Crippen molar-refractivity contribution < 1.29 is 47.6 Å². The molecule has 0 aliphatic carbocycles. The quantitative estimate of drug-likeness (QED) is 0.408. The first kappa shape index (κ1) is 19.8. The second-order valence-corrected chi connectivity index (χ2v) is 6.83. The molecule has 0 spiro atoms. The molecule has 3 aromatic carbocycles. The Bertz CT molecular complexity index is 1050. The van der Waals surface area contributed by atoms with E-state index in [-0.39, 0.29) is 45.9 Å². The molecule has 0 amide bonds. The summed E-state index contributed by atoms with van der Waals surface area (Å²) < 4.78 is 31.6. The van der Waals surface area contributed by atoms with E-state index in [2.05, 4.69) is 10.2 Å². The number of rotatable bonds is 3. The molecule has 0 aromatic heterocycles. The summed E-state index contributed by atoms with van der Waals surface area (Å²) in [7, 11) is -4.31. The van der Waals surface area contributed by atoms with Crippen molar-refractivity contribution in [3.8, 4) is 5.75 Å². The first-order valence-corrected chi connectivity index (χ1v) is 8.57. The van der Waals surface area contributed by atoms with Crippen molar-refractivity contribution in [1.82, 2.24) is 0 Å². The summed E-state index contributed by atoms with van der Waals surface area (Å²) in [6.45, 7) is 0. The van der Waals surface area contributed by atoms with Crippen LogP contribution in [0.4, 0.5) is 11.4 Å². The number of halogens is 1. The Hall–Kier alpha value is -1.48. The van der Waals surface area contributed by atoms with Crippen molar-refractivity contribution in [2.75, 3.05) is 0 Å². The van der Waals surface area contributed by atoms with Gasteiger partial charge in [0, 0.05) is 10.4 Å². The summed E-state index contributed by atoms with van der Waals surface area (Å²) >= 11 is 5.80. The van der Waals surface area contributed by atoms with Crippen LogP contribution in [-0.4, -0.2) is 18.1 Å². The minimum absolute atomic E-state index is 0. The van der Waals surface area contributed by atoms with E-state index in [0.29, 0.717) is 21.5 Å². The third kappa shape index (κ3) is 4.58. The van der Waals surface area contributed by atoms with Gasteiger partial charge in [0.05, 0.1) is 10.6 Å². The number of benzene rings is 3. The van der Waals surface area contributed by atoms with Gasteiger partial charge in [-0.15, -0.1) is 5.11 Å². The van der Waals surface area contributed by atoms with Crippen LogP contribution < -0.4 is 29.6 Å². The fraction of sp³-hybridized carbons (Fsp3) is 0. The van der Waals surface area contributed by atoms with Crippen molar-refractivity contribution >= 4 is 43.9 Å². The predicted octanol–water partition coefficient (Wildman–Crippen LogP) is 1.86. The molecule has 0 aliphatic heterocycles. The average Bonchev–Trinajstić information content (AvgIpc) is 2.54. The maximum atomic E-state index is 11.2. The zero-order valence-electron chi connectivity index (χ0n) is 13.1. The van der Waals surface area contributed by atoms with Crippen LogP contribution in [0.15, 0.2) is 69.7 Å². The van der Waals surface area contributed by atoms with E-state index in [0.717, 1.165) is 0 Å². The van der Waals surface area contributed by atoms with Crippen LogP contribution in [0.5, 0.6) is 5.75 Å². The van der Waals surface area contributed by atoms with Gasteiger partial charge in [-0.3, -0.25) is 4.55 Å². The van der Waals surface area contributed by atoms with Crippen LogP contribution in [-0.2, 0) is 10.1 Å². The van der Waals surface area contributed by atoms with E-state index >= 15 is 0 Å². The first-order valence-electron chi connectivity index (χ1n) is 6.75. The monoisotopic (exact) mass is 385 g/mol. The number of hydrogen-bond acceptors (Lipinski definition) is 5. The summed E-state index contributed by atoms with van der Waals surface area (Å²) in [6, 6.07) is 13.6. The number of phenols is 1.